The van der Waals surface area contributed by atoms with Crippen molar-refractivity contribution in [2.75, 3.05) is 13.2 Å². The van der Waals surface area contributed by atoms with E-state index in [9.17, 15) is 14.4 Å². The summed E-state index contributed by atoms with van der Waals surface area (Å²) in [7, 11) is 0. The van der Waals surface area contributed by atoms with E-state index in [1.807, 2.05) is 0 Å². The van der Waals surface area contributed by atoms with E-state index < -0.39 is 6.10 Å². The first-order valence-corrected chi connectivity index (χ1v) is 34.4. The molecule has 0 fully saturated rings. The monoisotopic (exact) mass is 1100 g/mol. The van der Waals surface area contributed by atoms with Crippen LogP contribution in [0, 0.1) is 0 Å². The lowest BCUT2D eigenvalue weighted by molar-refractivity contribution is -0.167. The van der Waals surface area contributed by atoms with E-state index in [1.165, 1.54) is 231 Å². The fraction of sp³-hybridized carbons (Fsp3) is 0.795. The minimum absolute atomic E-state index is 0.0871. The molecular formula is C73H130O6. The van der Waals surface area contributed by atoms with Crippen LogP contribution in [0.3, 0.4) is 0 Å². The van der Waals surface area contributed by atoms with Gasteiger partial charge in [-0.2, -0.15) is 0 Å². The summed E-state index contributed by atoms with van der Waals surface area (Å²) in [4.78, 5) is 38.4. The molecular weight excluding hydrogens is 973 g/mol. The molecule has 0 radical (unpaired) electrons. The van der Waals surface area contributed by atoms with E-state index in [-0.39, 0.29) is 31.1 Å². The van der Waals surface area contributed by atoms with Gasteiger partial charge in [-0.1, -0.05) is 299 Å². The van der Waals surface area contributed by atoms with Gasteiger partial charge in [0.2, 0.25) is 0 Å². The zero-order valence-corrected chi connectivity index (χ0v) is 52.6. The number of carbonyl (C=O) groups is 3. The third-order valence-corrected chi connectivity index (χ3v) is 15.2. The normalized spacial score (nSPS) is 12.5. The summed E-state index contributed by atoms with van der Waals surface area (Å²) >= 11 is 0. The highest BCUT2D eigenvalue weighted by atomic mass is 16.6. The van der Waals surface area contributed by atoms with E-state index in [1.54, 1.807) is 0 Å². The number of allylic oxidation sites excluding steroid dienone is 12. The Morgan fingerprint density at radius 2 is 0.494 bits per heavy atom. The molecule has 0 N–H and O–H groups in total. The summed E-state index contributed by atoms with van der Waals surface area (Å²) < 4.78 is 16.9. The Hall–Kier alpha value is -3.15. The van der Waals surface area contributed by atoms with E-state index in [0.717, 1.165) is 83.5 Å². The van der Waals surface area contributed by atoms with Crippen LogP contribution >= 0.6 is 0 Å². The number of esters is 3. The van der Waals surface area contributed by atoms with E-state index >= 15 is 0 Å². The SMILES string of the molecule is CC/C=C\C/C=C\C/C=C\C/C=C\CCCCC(=O)OCC(COC(=O)CCCCCCCCCCCCC/C=C\CCCCCCCCCC)OC(=O)CCCCCCCCCCCCC/C=C\CCCCCCCCCC. The zero-order chi connectivity index (χ0) is 57.1. The molecule has 458 valence electrons. The average molecular weight is 1100 g/mol. The molecule has 6 heteroatoms. The number of hydrogen-bond acceptors (Lipinski definition) is 6. The molecule has 0 saturated carbocycles. The van der Waals surface area contributed by atoms with Crippen LogP contribution in [0.25, 0.3) is 0 Å². The molecule has 0 aliphatic rings. The molecule has 0 aliphatic carbocycles. The minimum Gasteiger partial charge on any atom is -0.462 e. The third kappa shape index (κ3) is 65.5. The summed E-state index contributed by atoms with van der Waals surface area (Å²) in [6, 6.07) is 0. The van der Waals surface area contributed by atoms with Gasteiger partial charge in [0.1, 0.15) is 13.2 Å². The van der Waals surface area contributed by atoms with Crippen molar-refractivity contribution >= 4 is 17.9 Å². The fourth-order valence-electron chi connectivity index (χ4n) is 10.0. The standard InChI is InChI=1S/C73H130O6/c1-4-7-10-13-16-19-22-25-28-30-32-34-36-38-40-42-45-48-51-54-57-60-63-66-72(75)78-69-70(68-77-71(74)65-62-59-56-53-50-47-44-27-24-21-18-15-12-9-6-3)79-73(76)67-64-61-58-55-52-49-46-43-41-39-37-35-33-31-29-26-23-20-17-14-11-8-5-2/h9,12,18,21,27,30-33,44,50,53,70H,4-8,10-11,13-17,19-20,22-26,28-29,34-43,45-49,51-52,54-69H2,1-3H3/b12-9-,21-18-,32-30-,33-31-,44-27-,53-50-. The summed E-state index contributed by atoms with van der Waals surface area (Å²) in [5.41, 5.74) is 0. The van der Waals surface area contributed by atoms with E-state index in [2.05, 4.69) is 93.7 Å². The van der Waals surface area contributed by atoms with Crippen molar-refractivity contribution in [3.8, 4) is 0 Å². The average Bonchev–Trinajstić information content (AvgIpc) is 3.45. The van der Waals surface area contributed by atoms with Crippen LogP contribution in [0.15, 0.2) is 72.9 Å². The smallest absolute Gasteiger partial charge is 0.306 e. The molecule has 1 unspecified atom stereocenters. The van der Waals surface area contributed by atoms with Crippen LogP contribution in [-0.4, -0.2) is 37.2 Å². The molecule has 0 saturated heterocycles. The summed E-state index contributed by atoms with van der Waals surface area (Å²) in [5.74, 6) is -0.914. The highest BCUT2D eigenvalue weighted by molar-refractivity contribution is 5.71. The van der Waals surface area contributed by atoms with Crippen molar-refractivity contribution in [3.63, 3.8) is 0 Å². The van der Waals surface area contributed by atoms with Crippen molar-refractivity contribution < 1.29 is 28.6 Å². The maximum absolute atomic E-state index is 12.9. The first-order valence-electron chi connectivity index (χ1n) is 34.4. The van der Waals surface area contributed by atoms with Crippen molar-refractivity contribution in [3.05, 3.63) is 72.9 Å². The lowest BCUT2D eigenvalue weighted by Gasteiger charge is -2.18. The first-order chi connectivity index (χ1) is 39.0. The molecule has 0 bridgehead atoms. The number of rotatable bonds is 63. The summed E-state index contributed by atoms with van der Waals surface area (Å²) in [5, 5.41) is 0. The lowest BCUT2D eigenvalue weighted by Crippen LogP contribution is -2.30. The number of carbonyl (C=O) groups excluding carboxylic acids is 3. The molecule has 0 aromatic heterocycles. The quantitative estimate of drug-likeness (QED) is 0.0261. The van der Waals surface area contributed by atoms with Gasteiger partial charge in [-0.25, -0.2) is 0 Å². The summed E-state index contributed by atoms with van der Waals surface area (Å²) in [6.07, 6.45) is 87.9. The number of ether oxygens (including phenoxy) is 3. The lowest BCUT2D eigenvalue weighted by atomic mass is 10.0. The van der Waals surface area contributed by atoms with Gasteiger partial charge in [-0.15, -0.1) is 0 Å². The van der Waals surface area contributed by atoms with Gasteiger partial charge in [-0.3, -0.25) is 14.4 Å². The Morgan fingerprint density at radius 3 is 0.810 bits per heavy atom. The highest BCUT2D eigenvalue weighted by Gasteiger charge is 2.19. The molecule has 1 atom stereocenters. The van der Waals surface area contributed by atoms with Gasteiger partial charge < -0.3 is 14.2 Å². The molecule has 79 heavy (non-hydrogen) atoms. The Balaban J connectivity index is 4.34. The van der Waals surface area contributed by atoms with Crippen molar-refractivity contribution in [1.82, 2.24) is 0 Å². The van der Waals surface area contributed by atoms with Gasteiger partial charge in [0.05, 0.1) is 0 Å². The predicted molar refractivity (Wildman–Crippen MR) is 344 cm³/mol. The van der Waals surface area contributed by atoms with Crippen LogP contribution in [0.4, 0.5) is 0 Å². The molecule has 0 spiro atoms. The maximum Gasteiger partial charge on any atom is 0.306 e. The fourth-order valence-corrected chi connectivity index (χ4v) is 10.0. The second-order valence-corrected chi connectivity index (χ2v) is 23.1. The van der Waals surface area contributed by atoms with Crippen LogP contribution in [0.2, 0.25) is 0 Å². The Morgan fingerprint density at radius 1 is 0.266 bits per heavy atom. The third-order valence-electron chi connectivity index (χ3n) is 15.2. The second-order valence-electron chi connectivity index (χ2n) is 23.1. The number of unbranched alkanes of at least 4 members (excludes halogenated alkanes) is 40. The molecule has 0 aliphatic heterocycles. The van der Waals surface area contributed by atoms with Crippen molar-refractivity contribution in [1.29, 1.82) is 0 Å². The Bertz CT molecular complexity index is 1450. The van der Waals surface area contributed by atoms with E-state index in [0.29, 0.717) is 19.3 Å². The number of hydrogen-bond donors (Lipinski definition) is 0. The van der Waals surface area contributed by atoms with Gasteiger partial charge in [0, 0.05) is 19.3 Å². The molecule has 0 aromatic rings. The molecule has 0 aromatic carbocycles. The van der Waals surface area contributed by atoms with Gasteiger partial charge >= 0.3 is 17.9 Å². The molecule has 6 nitrogen and oxygen atoms in total. The Kier molecular flexibility index (Phi) is 64.7. The maximum atomic E-state index is 12.9. The van der Waals surface area contributed by atoms with Crippen molar-refractivity contribution in [2.24, 2.45) is 0 Å². The largest absolute Gasteiger partial charge is 0.462 e. The van der Waals surface area contributed by atoms with Crippen LogP contribution in [0.1, 0.15) is 355 Å². The topological polar surface area (TPSA) is 78.9 Å². The van der Waals surface area contributed by atoms with Crippen molar-refractivity contribution in [2.45, 2.75) is 361 Å². The molecule has 0 heterocycles. The predicted octanol–water partition coefficient (Wildman–Crippen LogP) is 23.7. The first kappa shape index (κ1) is 75.8. The van der Waals surface area contributed by atoms with Gasteiger partial charge in [0.15, 0.2) is 6.10 Å². The highest BCUT2D eigenvalue weighted by Crippen LogP contribution is 2.17. The van der Waals surface area contributed by atoms with Gasteiger partial charge in [-0.05, 0) is 109 Å². The van der Waals surface area contributed by atoms with Crippen LogP contribution in [0.5, 0.6) is 0 Å². The molecule has 0 rings (SSSR count). The minimum atomic E-state index is -0.794. The molecule has 0 amide bonds. The second kappa shape index (κ2) is 67.4. The van der Waals surface area contributed by atoms with E-state index in [4.69, 9.17) is 14.2 Å². The summed E-state index contributed by atoms with van der Waals surface area (Å²) in [6.45, 7) is 6.54. The van der Waals surface area contributed by atoms with Crippen LogP contribution in [-0.2, 0) is 28.6 Å². The van der Waals surface area contributed by atoms with Gasteiger partial charge in [0.25, 0.3) is 0 Å². The Labute approximate surface area is 491 Å². The van der Waals surface area contributed by atoms with Crippen LogP contribution < -0.4 is 0 Å². The zero-order valence-electron chi connectivity index (χ0n) is 52.6.